The van der Waals surface area contributed by atoms with E-state index < -0.39 is 10.2 Å². The number of benzene rings is 1. The van der Waals surface area contributed by atoms with Gasteiger partial charge in [-0.3, -0.25) is 4.79 Å². The first-order chi connectivity index (χ1) is 15.3. The molecule has 1 amide bonds. The SMILES string of the molecule is COCn1cccc1C(=O)NCCCc1cnc(Sc2ccccc2)n1S(=O)(=O)N(C)C. The average molecular weight is 478 g/mol. The zero-order valence-electron chi connectivity index (χ0n) is 18.3. The van der Waals surface area contributed by atoms with Crippen molar-refractivity contribution in [3.8, 4) is 0 Å². The Morgan fingerprint density at radius 2 is 1.94 bits per heavy atom. The lowest BCUT2D eigenvalue weighted by atomic mass is 10.2. The summed E-state index contributed by atoms with van der Waals surface area (Å²) in [5, 5.41) is 3.25. The van der Waals surface area contributed by atoms with Crippen molar-refractivity contribution < 1.29 is 17.9 Å². The molecule has 0 aliphatic carbocycles. The smallest absolute Gasteiger partial charge is 0.309 e. The van der Waals surface area contributed by atoms with Crippen LogP contribution in [0.1, 0.15) is 22.6 Å². The molecule has 0 atom stereocenters. The Bertz CT molecular complexity index is 1140. The molecule has 0 aliphatic rings. The number of imidazole rings is 1. The van der Waals surface area contributed by atoms with E-state index >= 15 is 0 Å². The van der Waals surface area contributed by atoms with Crippen LogP contribution in [0, 0.1) is 0 Å². The number of amides is 1. The maximum atomic E-state index is 13.0. The van der Waals surface area contributed by atoms with Crippen molar-refractivity contribution in [2.75, 3.05) is 27.7 Å². The molecular formula is C21H27N5O4S2. The molecule has 172 valence electrons. The Morgan fingerprint density at radius 1 is 1.19 bits per heavy atom. The van der Waals surface area contributed by atoms with Gasteiger partial charge in [0.05, 0.1) is 11.9 Å². The van der Waals surface area contributed by atoms with Gasteiger partial charge in [0, 0.05) is 38.8 Å². The maximum absolute atomic E-state index is 13.0. The summed E-state index contributed by atoms with van der Waals surface area (Å²) in [5.74, 6) is -0.207. The minimum atomic E-state index is -3.75. The van der Waals surface area contributed by atoms with Gasteiger partial charge in [0.25, 0.3) is 5.91 Å². The molecule has 2 aromatic heterocycles. The maximum Gasteiger partial charge on any atom is 0.309 e. The van der Waals surface area contributed by atoms with Gasteiger partial charge in [-0.2, -0.15) is 12.7 Å². The number of aromatic nitrogens is 3. The van der Waals surface area contributed by atoms with Gasteiger partial charge in [-0.25, -0.2) is 8.96 Å². The lowest BCUT2D eigenvalue weighted by Crippen LogP contribution is -2.31. The van der Waals surface area contributed by atoms with E-state index in [2.05, 4.69) is 10.3 Å². The number of ether oxygens (including phenoxy) is 1. The summed E-state index contributed by atoms with van der Waals surface area (Å²) >= 11 is 1.29. The predicted molar refractivity (Wildman–Crippen MR) is 123 cm³/mol. The molecule has 3 rings (SSSR count). The van der Waals surface area contributed by atoms with Gasteiger partial charge in [0.1, 0.15) is 12.4 Å². The van der Waals surface area contributed by atoms with Crippen molar-refractivity contribution in [2.24, 2.45) is 0 Å². The van der Waals surface area contributed by atoms with E-state index in [0.29, 0.717) is 42.7 Å². The summed E-state index contributed by atoms with van der Waals surface area (Å²) < 4.78 is 35.2. The molecule has 1 N–H and O–H groups in total. The fraction of sp³-hybridized carbons (Fsp3) is 0.333. The number of hydrogen-bond donors (Lipinski definition) is 1. The summed E-state index contributed by atoms with van der Waals surface area (Å²) in [6, 6.07) is 13.0. The van der Waals surface area contributed by atoms with E-state index in [4.69, 9.17) is 4.74 Å². The van der Waals surface area contributed by atoms with Crippen molar-refractivity contribution in [1.82, 2.24) is 23.1 Å². The first kappa shape index (κ1) is 24.1. The summed E-state index contributed by atoms with van der Waals surface area (Å²) in [7, 11) is 0.796. The Morgan fingerprint density at radius 3 is 2.62 bits per heavy atom. The van der Waals surface area contributed by atoms with Crippen LogP contribution in [-0.2, 0) is 28.1 Å². The molecule has 0 aliphatic heterocycles. The third-order valence-electron chi connectivity index (χ3n) is 4.63. The standard InChI is InChI=1S/C21H27N5O4S2/c1-24(2)32(28,29)26-17(15-23-21(26)31-18-10-5-4-6-11-18)9-7-13-22-20(27)19-12-8-14-25(19)16-30-3/h4-6,8,10-12,14-15H,7,9,13,16H2,1-3H3,(H,22,27). The van der Waals surface area contributed by atoms with Crippen LogP contribution in [0.15, 0.2) is 64.9 Å². The topological polar surface area (TPSA) is 98.5 Å². The van der Waals surface area contributed by atoms with E-state index in [9.17, 15) is 13.2 Å². The van der Waals surface area contributed by atoms with Gasteiger partial charge in [0.2, 0.25) is 0 Å². The third kappa shape index (κ3) is 5.60. The number of rotatable bonds is 11. The van der Waals surface area contributed by atoms with E-state index in [-0.39, 0.29) is 5.91 Å². The van der Waals surface area contributed by atoms with Gasteiger partial charge in [-0.15, -0.1) is 0 Å². The van der Waals surface area contributed by atoms with E-state index in [0.717, 1.165) is 4.90 Å². The minimum absolute atomic E-state index is 0.207. The summed E-state index contributed by atoms with van der Waals surface area (Å²) in [6.45, 7) is 0.685. The Balaban J connectivity index is 1.69. The Kier molecular flexibility index (Phi) is 8.13. The van der Waals surface area contributed by atoms with E-state index in [1.807, 2.05) is 30.3 Å². The molecule has 9 nitrogen and oxygen atoms in total. The van der Waals surface area contributed by atoms with Crippen LogP contribution < -0.4 is 5.32 Å². The summed E-state index contributed by atoms with van der Waals surface area (Å²) in [4.78, 5) is 17.7. The van der Waals surface area contributed by atoms with Crippen molar-refractivity contribution in [3.05, 3.63) is 66.2 Å². The fourth-order valence-corrected chi connectivity index (χ4v) is 5.24. The number of aryl methyl sites for hydroxylation is 1. The highest BCUT2D eigenvalue weighted by molar-refractivity contribution is 7.99. The second-order valence-electron chi connectivity index (χ2n) is 7.14. The molecule has 0 radical (unpaired) electrons. The second-order valence-corrected chi connectivity index (χ2v) is 10.2. The van der Waals surface area contributed by atoms with Crippen LogP contribution in [0.5, 0.6) is 0 Å². The molecule has 0 bridgehead atoms. The Hall–Kier alpha value is -2.60. The monoisotopic (exact) mass is 477 g/mol. The lowest BCUT2D eigenvalue weighted by Gasteiger charge is -2.17. The molecule has 2 heterocycles. The van der Waals surface area contributed by atoms with Gasteiger partial charge in [-0.05, 0) is 37.1 Å². The summed E-state index contributed by atoms with van der Waals surface area (Å²) in [5.41, 5.74) is 1.07. The van der Waals surface area contributed by atoms with Crippen molar-refractivity contribution in [2.45, 2.75) is 29.6 Å². The molecule has 0 spiro atoms. The highest BCUT2D eigenvalue weighted by atomic mass is 32.2. The van der Waals surface area contributed by atoms with Gasteiger partial charge < -0.3 is 14.6 Å². The zero-order valence-corrected chi connectivity index (χ0v) is 19.9. The fourth-order valence-electron chi connectivity index (χ4n) is 3.03. The van der Waals surface area contributed by atoms with Crippen LogP contribution in [0.3, 0.4) is 0 Å². The van der Waals surface area contributed by atoms with Crippen molar-refractivity contribution >= 4 is 27.9 Å². The van der Waals surface area contributed by atoms with Crippen LogP contribution in [0.2, 0.25) is 0 Å². The number of carbonyl (C=O) groups is 1. The molecule has 0 unspecified atom stereocenters. The predicted octanol–water partition coefficient (Wildman–Crippen LogP) is 2.46. The molecule has 11 heteroatoms. The van der Waals surface area contributed by atoms with Crippen LogP contribution in [0.4, 0.5) is 0 Å². The first-order valence-electron chi connectivity index (χ1n) is 9.99. The van der Waals surface area contributed by atoms with Crippen LogP contribution in [0.25, 0.3) is 0 Å². The minimum Gasteiger partial charge on any atom is -0.364 e. The molecule has 0 saturated heterocycles. The molecule has 0 saturated carbocycles. The average Bonchev–Trinajstić information content (AvgIpc) is 3.39. The number of carbonyl (C=O) groups excluding carboxylic acids is 1. The normalized spacial score (nSPS) is 11.8. The number of methoxy groups -OCH3 is 1. The molecule has 0 fully saturated rings. The highest BCUT2D eigenvalue weighted by Crippen LogP contribution is 2.29. The van der Waals surface area contributed by atoms with Crippen molar-refractivity contribution in [3.63, 3.8) is 0 Å². The van der Waals surface area contributed by atoms with Crippen molar-refractivity contribution in [1.29, 1.82) is 0 Å². The summed E-state index contributed by atoms with van der Waals surface area (Å²) in [6.07, 6.45) is 4.35. The number of hydrogen-bond acceptors (Lipinski definition) is 6. The third-order valence-corrected chi connectivity index (χ3v) is 7.51. The van der Waals surface area contributed by atoms with Crippen LogP contribution in [-0.4, -0.2) is 59.9 Å². The molecule has 3 aromatic rings. The lowest BCUT2D eigenvalue weighted by molar-refractivity contribution is 0.0912. The van der Waals surface area contributed by atoms with Gasteiger partial charge >= 0.3 is 10.2 Å². The number of nitrogens with one attached hydrogen (secondary N) is 1. The zero-order chi connectivity index (χ0) is 23.1. The van der Waals surface area contributed by atoms with Crippen LogP contribution >= 0.6 is 11.8 Å². The molecular weight excluding hydrogens is 450 g/mol. The van der Waals surface area contributed by atoms with E-state index in [1.54, 1.807) is 36.2 Å². The second kappa shape index (κ2) is 10.8. The Labute approximate surface area is 192 Å². The highest BCUT2D eigenvalue weighted by Gasteiger charge is 2.25. The van der Waals surface area contributed by atoms with E-state index in [1.165, 1.54) is 34.1 Å². The van der Waals surface area contributed by atoms with Gasteiger partial charge in [-0.1, -0.05) is 30.0 Å². The number of nitrogens with zero attached hydrogens (tertiary/aromatic N) is 4. The molecule has 32 heavy (non-hydrogen) atoms. The molecule has 1 aromatic carbocycles. The largest absolute Gasteiger partial charge is 0.364 e. The van der Waals surface area contributed by atoms with Gasteiger partial charge in [0.15, 0.2) is 5.16 Å². The first-order valence-corrected chi connectivity index (χ1v) is 12.2. The quantitative estimate of drug-likeness (QED) is 0.426.